The van der Waals surface area contributed by atoms with Crippen LogP contribution in [0, 0.1) is 0 Å². The van der Waals surface area contributed by atoms with Gasteiger partial charge in [0, 0.05) is 44.1 Å². The predicted molar refractivity (Wildman–Crippen MR) is 100 cm³/mol. The van der Waals surface area contributed by atoms with Gasteiger partial charge in [-0.2, -0.15) is 0 Å². The number of anilines is 1. The summed E-state index contributed by atoms with van der Waals surface area (Å²) < 4.78 is 5.41. The normalized spacial score (nSPS) is 19.5. The van der Waals surface area contributed by atoms with Crippen LogP contribution in [0.15, 0.2) is 18.7 Å². The van der Waals surface area contributed by atoms with Crippen molar-refractivity contribution in [3.63, 3.8) is 0 Å². The Labute approximate surface area is 154 Å². The molecule has 0 amide bonds. The lowest BCUT2D eigenvalue weighted by Crippen LogP contribution is -2.56. The van der Waals surface area contributed by atoms with Gasteiger partial charge in [-0.05, 0) is 25.8 Å². The van der Waals surface area contributed by atoms with Gasteiger partial charge in [0.2, 0.25) is 0 Å². The molecule has 1 saturated heterocycles. The van der Waals surface area contributed by atoms with E-state index < -0.39 is 0 Å². The molecule has 0 aliphatic carbocycles. The molecular weight excluding hydrogens is 328 g/mol. The lowest BCUT2D eigenvalue weighted by molar-refractivity contribution is 0.0430. The van der Waals surface area contributed by atoms with Crippen molar-refractivity contribution >= 4 is 5.82 Å². The fourth-order valence-electron chi connectivity index (χ4n) is 4.52. The van der Waals surface area contributed by atoms with Crippen LogP contribution in [-0.2, 0) is 12.0 Å². The van der Waals surface area contributed by atoms with Crippen molar-refractivity contribution in [1.82, 2.24) is 24.8 Å². The van der Waals surface area contributed by atoms with E-state index in [1.54, 1.807) is 19.5 Å². The lowest BCUT2D eigenvalue weighted by Gasteiger charge is -2.50. The van der Waals surface area contributed by atoms with Gasteiger partial charge in [-0.3, -0.25) is 4.90 Å². The van der Waals surface area contributed by atoms with Crippen molar-refractivity contribution in [2.45, 2.75) is 44.6 Å². The van der Waals surface area contributed by atoms with Crippen LogP contribution in [0.5, 0.6) is 5.88 Å². The maximum absolute atomic E-state index is 5.41. The van der Waals surface area contributed by atoms with Gasteiger partial charge < -0.3 is 14.6 Å². The van der Waals surface area contributed by atoms with Gasteiger partial charge in [0.05, 0.1) is 24.7 Å². The van der Waals surface area contributed by atoms with Crippen LogP contribution < -0.4 is 9.64 Å². The van der Waals surface area contributed by atoms with Crippen LogP contribution in [0.25, 0.3) is 0 Å². The molecule has 26 heavy (non-hydrogen) atoms. The molecule has 2 aromatic heterocycles. The van der Waals surface area contributed by atoms with E-state index in [4.69, 9.17) is 9.72 Å². The molecule has 0 aromatic carbocycles. The summed E-state index contributed by atoms with van der Waals surface area (Å²) in [5, 5.41) is 0. The zero-order valence-electron chi connectivity index (χ0n) is 15.7. The molecule has 1 N–H and O–H groups in total. The quantitative estimate of drug-likeness (QED) is 0.887. The van der Waals surface area contributed by atoms with Crippen molar-refractivity contribution in [1.29, 1.82) is 0 Å². The third kappa shape index (κ3) is 2.84. The second kappa shape index (κ2) is 7.23. The fourth-order valence-corrected chi connectivity index (χ4v) is 4.52. The van der Waals surface area contributed by atoms with Crippen LogP contribution in [-0.4, -0.2) is 58.1 Å². The second-order valence-corrected chi connectivity index (χ2v) is 7.23. The maximum Gasteiger partial charge on any atom is 0.257 e. The fraction of sp³-hybridized carbons (Fsp3) is 0.632. The first-order valence-electron chi connectivity index (χ1n) is 9.66. The highest BCUT2D eigenvalue weighted by Gasteiger charge is 2.46. The summed E-state index contributed by atoms with van der Waals surface area (Å²) >= 11 is 0. The molecule has 7 heteroatoms. The Morgan fingerprint density at radius 2 is 1.96 bits per heavy atom. The highest BCUT2D eigenvalue weighted by Crippen LogP contribution is 2.43. The van der Waals surface area contributed by atoms with E-state index in [1.807, 2.05) is 6.33 Å². The number of hydrogen-bond donors (Lipinski definition) is 1. The van der Waals surface area contributed by atoms with Crippen LogP contribution >= 0.6 is 0 Å². The first kappa shape index (κ1) is 17.3. The Hall–Kier alpha value is -2.15. The van der Waals surface area contributed by atoms with E-state index in [0.29, 0.717) is 5.88 Å². The second-order valence-electron chi connectivity index (χ2n) is 7.23. The van der Waals surface area contributed by atoms with Crippen LogP contribution in [0.3, 0.4) is 0 Å². The molecule has 140 valence electrons. The van der Waals surface area contributed by atoms with Gasteiger partial charge in [-0.15, -0.1) is 0 Å². The molecule has 4 heterocycles. The van der Waals surface area contributed by atoms with E-state index in [2.05, 4.69) is 31.7 Å². The number of aromatic amines is 1. The van der Waals surface area contributed by atoms with E-state index >= 15 is 0 Å². The number of aromatic nitrogens is 4. The minimum atomic E-state index is 0.0503. The van der Waals surface area contributed by atoms with E-state index in [1.165, 1.54) is 24.2 Å². The number of nitrogens with one attached hydrogen (secondary N) is 1. The van der Waals surface area contributed by atoms with Crippen LogP contribution in [0.4, 0.5) is 5.82 Å². The van der Waals surface area contributed by atoms with Crippen LogP contribution in [0.1, 0.15) is 44.0 Å². The number of rotatable bonds is 5. The molecule has 0 atom stereocenters. The summed E-state index contributed by atoms with van der Waals surface area (Å²) in [5.41, 5.74) is 2.64. The maximum atomic E-state index is 5.41. The average Bonchev–Trinajstić information content (AvgIpc) is 3.18. The summed E-state index contributed by atoms with van der Waals surface area (Å²) in [7, 11) is 1.66. The Balaban J connectivity index is 1.59. The molecule has 0 saturated carbocycles. The number of methoxy groups -OCH3 is 1. The highest BCUT2D eigenvalue weighted by molar-refractivity contribution is 5.48. The molecular formula is C19H28N6O. The first-order valence-corrected chi connectivity index (χ1v) is 9.66. The number of hydrogen-bond acceptors (Lipinski definition) is 6. The predicted octanol–water partition coefficient (Wildman–Crippen LogP) is 2.36. The summed E-state index contributed by atoms with van der Waals surface area (Å²) in [4.78, 5) is 21.9. The molecule has 1 fully saturated rings. The highest BCUT2D eigenvalue weighted by atomic mass is 16.5. The first-order chi connectivity index (χ1) is 12.8. The standard InChI is InChI=1S/C19H28N6O/c1-3-4-10-25-11-5-15-16(23-14-22-15)19(25)6-12-24(13-7-19)17-18(26-2)21-9-8-20-17/h8-9,14H,3-7,10-13H2,1-2H3,(H,22,23). The third-order valence-electron chi connectivity index (χ3n) is 5.91. The number of ether oxygens (including phenoxy) is 1. The van der Waals surface area contributed by atoms with Gasteiger partial charge in [-0.25, -0.2) is 15.0 Å². The number of fused-ring (bicyclic) bond motifs is 2. The molecule has 1 spiro atoms. The van der Waals surface area contributed by atoms with Gasteiger partial charge in [0.1, 0.15) is 0 Å². The molecule has 0 bridgehead atoms. The summed E-state index contributed by atoms with van der Waals surface area (Å²) in [6, 6.07) is 0. The lowest BCUT2D eigenvalue weighted by atomic mass is 9.78. The average molecular weight is 356 g/mol. The van der Waals surface area contributed by atoms with Gasteiger partial charge in [-0.1, -0.05) is 13.3 Å². The largest absolute Gasteiger partial charge is 0.478 e. The SMILES string of the molecule is CCCCN1CCc2[nH]cnc2C12CCN(c1nccnc1OC)CC2. The number of imidazole rings is 1. The number of nitrogens with zero attached hydrogens (tertiary/aromatic N) is 5. The summed E-state index contributed by atoms with van der Waals surface area (Å²) in [5.74, 6) is 1.46. The third-order valence-corrected chi connectivity index (χ3v) is 5.91. The number of unbranched alkanes of at least 4 members (excludes halogenated alkanes) is 1. The smallest absolute Gasteiger partial charge is 0.257 e. The Bertz CT molecular complexity index is 737. The van der Waals surface area contributed by atoms with E-state index in [9.17, 15) is 0 Å². The van der Waals surface area contributed by atoms with Crippen molar-refractivity contribution < 1.29 is 4.74 Å². The van der Waals surface area contributed by atoms with Crippen molar-refractivity contribution in [3.8, 4) is 5.88 Å². The van der Waals surface area contributed by atoms with Crippen LogP contribution in [0.2, 0.25) is 0 Å². The molecule has 2 aliphatic heterocycles. The molecule has 2 aromatic rings. The van der Waals surface area contributed by atoms with E-state index in [0.717, 1.165) is 51.3 Å². The number of piperidine rings is 1. The Kier molecular flexibility index (Phi) is 4.80. The molecule has 2 aliphatic rings. The summed E-state index contributed by atoms with van der Waals surface area (Å²) in [6.45, 7) is 6.40. The minimum Gasteiger partial charge on any atom is -0.478 e. The summed E-state index contributed by atoms with van der Waals surface area (Å²) in [6.07, 6.45) is 10.9. The van der Waals surface area contributed by atoms with Crippen molar-refractivity contribution in [2.75, 3.05) is 38.2 Å². The van der Waals surface area contributed by atoms with Gasteiger partial charge in [0.25, 0.3) is 5.88 Å². The molecule has 7 nitrogen and oxygen atoms in total. The molecule has 0 unspecified atom stereocenters. The van der Waals surface area contributed by atoms with E-state index in [-0.39, 0.29) is 5.54 Å². The van der Waals surface area contributed by atoms with Crippen molar-refractivity contribution in [2.24, 2.45) is 0 Å². The monoisotopic (exact) mass is 356 g/mol. The zero-order valence-corrected chi connectivity index (χ0v) is 15.7. The topological polar surface area (TPSA) is 70.2 Å². The Morgan fingerprint density at radius 1 is 1.15 bits per heavy atom. The molecule has 0 radical (unpaired) electrons. The van der Waals surface area contributed by atoms with Crippen molar-refractivity contribution in [3.05, 3.63) is 30.1 Å². The zero-order chi connectivity index (χ0) is 18.0. The number of H-pyrrole nitrogens is 1. The minimum absolute atomic E-state index is 0.0503. The van der Waals surface area contributed by atoms with Gasteiger partial charge >= 0.3 is 0 Å². The Morgan fingerprint density at radius 3 is 2.73 bits per heavy atom. The van der Waals surface area contributed by atoms with Gasteiger partial charge in [0.15, 0.2) is 5.82 Å². The molecule has 4 rings (SSSR count).